The van der Waals surface area contributed by atoms with Crippen LogP contribution in [0.25, 0.3) is 0 Å². The summed E-state index contributed by atoms with van der Waals surface area (Å²) in [4.78, 5) is 1.30. The summed E-state index contributed by atoms with van der Waals surface area (Å²) < 4.78 is 6.34. The molecule has 0 fully saturated rings. The maximum Gasteiger partial charge on any atom is 0.119 e. The van der Waals surface area contributed by atoms with Gasteiger partial charge in [-0.2, -0.15) is 0 Å². The van der Waals surface area contributed by atoms with E-state index in [4.69, 9.17) is 16.3 Å². The van der Waals surface area contributed by atoms with E-state index in [9.17, 15) is 0 Å². The van der Waals surface area contributed by atoms with Crippen molar-refractivity contribution in [1.29, 1.82) is 0 Å². The predicted molar refractivity (Wildman–Crippen MR) is 87.1 cm³/mol. The molecule has 0 saturated heterocycles. The van der Waals surface area contributed by atoms with Crippen LogP contribution in [-0.4, -0.2) is 13.2 Å². The number of hydrogen-bond acceptors (Lipinski definition) is 3. The molecule has 0 bridgehead atoms. The highest BCUT2D eigenvalue weighted by Gasteiger charge is 2.12. The molecule has 2 nitrogen and oxygen atoms in total. The largest absolute Gasteiger partial charge is 0.494 e. The second-order valence-electron chi connectivity index (χ2n) is 4.52. The zero-order valence-electron chi connectivity index (χ0n) is 11.9. The summed E-state index contributed by atoms with van der Waals surface area (Å²) in [6, 6.07) is 12.7. The first kappa shape index (κ1) is 15.4. The Bertz CT molecular complexity index is 524. The van der Waals surface area contributed by atoms with Gasteiger partial charge in [-0.3, -0.25) is 0 Å². The summed E-state index contributed by atoms with van der Waals surface area (Å²) in [7, 11) is 0. The van der Waals surface area contributed by atoms with Crippen LogP contribution >= 0.6 is 22.9 Å². The van der Waals surface area contributed by atoms with Crippen molar-refractivity contribution in [1.82, 2.24) is 5.32 Å². The molecule has 1 aromatic heterocycles. The first-order chi connectivity index (χ1) is 9.72. The summed E-state index contributed by atoms with van der Waals surface area (Å²) in [5.74, 6) is 0.922. The maximum atomic E-state index is 6.00. The first-order valence-electron chi connectivity index (χ1n) is 6.93. The summed E-state index contributed by atoms with van der Waals surface area (Å²) in [6.45, 7) is 5.76. The Balaban J connectivity index is 2.10. The molecule has 1 heterocycles. The third-order valence-electron chi connectivity index (χ3n) is 3.08. The highest BCUT2D eigenvalue weighted by atomic mass is 35.5. The van der Waals surface area contributed by atoms with Gasteiger partial charge in [0.15, 0.2) is 0 Å². The molecule has 0 amide bonds. The summed E-state index contributed by atoms with van der Waals surface area (Å²) in [5, 5.41) is 3.53. The molecule has 20 heavy (non-hydrogen) atoms. The van der Waals surface area contributed by atoms with E-state index in [-0.39, 0.29) is 0 Å². The zero-order valence-corrected chi connectivity index (χ0v) is 13.4. The van der Waals surface area contributed by atoms with Crippen LogP contribution in [0.15, 0.2) is 36.4 Å². The van der Waals surface area contributed by atoms with Crippen molar-refractivity contribution in [2.75, 3.05) is 13.2 Å². The highest BCUT2D eigenvalue weighted by Crippen LogP contribution is 2.27. The van der Waals surface area contributed by atoms with E-state index in [2.05, 4.69) is 30.4 Å². The van der Waals surface area contributed by atoms with Crippen molar-refractivity contribution in [3.8, 4) is 5.75 Å². The van der Waals surface area contributed by atoms with Crippen molar-refractivity contribution in [3.63, 3.8) is 0 Å². The van der Waals surface area contributed by atoms with Gasteiger partial charge in [-0.1, -0.05) is 30.7 Å². The number of rotatable bonds is 7. The molecule has 1 atom stereocenters. The van der Waals surface area contributed by atoms with E-state index in [1.165, 1.54) is 10.4 Å². The lowest BCUT2D eigenvalue weighted by Gasteiger charge is -2.18. The number of halogens is 1. The maximum absolute atomic E-state index is 6.00. The van der Waals surface area contributed by atoms with E-state index in [0.29, 0.717) is 12.6 Å². The minimum atomic E-state index is 0.311. The van der Waals surface area contributed by atoms with Crippen LogP contribution in [0.4, 0.5) is 0 Å². The smallest absolute Gasteiger partial charge is 0.119 e. The Morgan fingerprint density at radius 3 is 2.45 bits per heavy atom. The normalized spacial score (nSPS) is 12.3. The highest BCUT2D eigenvalue weighted by molar-refractivity contribution is 7.16. The summed E-state index contributed by atoms with van der Waals surface area (Å²) >= 11 is 7.65. The molecular formula is C16H20ClNOS. The SMILES string of the molecule is CCNC(Cc1ccc(Cl)s1)c1ccc(OCC)cc1. The zero-order chi connectivity index (χ0) is 14.4. The number of likely N-dealkylation sites (N-methyl/N-ethyl adjacent to an activating group) is 1. The Kier molecular flexibility index (Phi) is 5.89. The Labute approximate surface area is 129 Å². The molecule has 0 aliphatic heterocycles. The van der Waals surface area contributed by atoms with Gasteiger partial charge in [0.05, 0.1) is 10.9 Å². The second-order valence-corrected chi connectivity index (χ2v) is 6.32. The molecule has 2 aromatic rings. The molecule has 1 unspecified atom stereocenters. The predicted octanol–water partition coefficient (Wildman–Crippen LogP) is 4.69. The van der Waals surface area contributed by atoms with E-state index in [1.54, 1.807) is 11.3 Å². The Morgan fingerprint density at radius 1 is 1.15 bits per heavy atom. The minimum absolute atomic E-state index is 0.311. The molecule has 0 saturated carbocycles. The van der Waals surface area contributed by atoms with Gasteiger partial charge in [0.2, 0.25) is 0 Å². The van der Waals surface area contributed by atoms with Gasteiger partial charge < -0.3 is 10.1 Å². The average molecular weight is 310 g/mol. The lowest BCUT2D eigenvalue weighted by molar-refractivity contribution is 0.340. The van der Waals surface area contributed by atoms with E-state index >= 15 is 0 Å². The topological polar surface area (TPSA) is 21.3 Å². The molecule has 0 spiro atoms. The molecule has 2 rings (SSSR count). The number of hydrogen-bond donors (Lipinski definition) is 1. The van der Waals surface area contributed by atoms with Crippen molar-refractivity contribution >= 4 is 22.9 Å². The summed E-state index contributed by atoms with van der Waals surface area (Å²) in [5.41, 5.74) is 1.28. The fraction of sp³-hybridized carbons (Fsp3) is 0.375. The van der Waals surface area contributed by atoms with Gasteiger partial charge >= 0.3 is 0 Å². The molecule has 1 N–H and O–H groups in total. The van der Waals surface area contributed by atoms with E-state index in [1.807, 2.05) is 25.1 Å². The number of benzene rings is 1. The van der Waals surface area contributed by atoms with Crippen molar-refractivity contribution < 1.29 is 4.74 Å². The fourth-order valence-electron chi connectivity index (χ4n) is 2.18. The van der Waals surface area contributed by atoms with Gasteiger partial charge in [-0.15, -0.1) is 11.3 Å². The third kappa shape index (κ3) is 4.23. The Morgan fingerprint density at radius 2 is 1.90 bits per heavy atom. The second kappa shape index (κ2) is 7.67. The molecule has 4 heteroatoms. The molecule has 0 aliphatic carbocycles. The standard InChI is InChI=1S/C16H20ClNOS/c1-3-18-15(11-14-9-10-16(17)20-14)12-5-7-13(8-6-12)19-4-2/h5-10,15,18H,3-4,11H2,1-2H3. The van der Waals surface area contributed by atoms with Crippen LogP contribution < -0.4 is 10.1 Å². The van der Waals surface area contributed by atoms with Crippen molar-refractivity contribution in [2.24, 2.45) is 0 Å². The van der Waals surface area contributed by atoms with E-state index < -0.39 is 0 Å². The van der Waals surface area contributed by atoms with Crippen molar-refractivity contribution in [3.05, 3.63) is 51.2 Å². The molecule has 1 aromatic carbocycles. The third-order valence-corrected chi connectivity index (χ3v) is 4.33. The van der Waals surface area contributed by atoms with Crippen LogP contribution in [0.3, 0.4) is 0 Å². The van der Waals surface area contributed by atoms with Gasteiger partial charge in [0.1, 0.15) is 5.75 Å². The lowest BCUT2D eigenvalue weighted by atomic mass is 10.0. The molecule has 0 radical (unpaired) electrons. The van der Waals surface area contributed by atoms with Crippen LogP contribution in [0.5, 0.6) is 5.75 Å². The lowest BCUT2D eigenvalue weighted by Crippen LogP contribution is -2.22. The van der Waals surface area contributed by atoms with Gasteiger partial charge in [0.25, 0.3) is 0 Å². The quantitative estimate of drug-likeness (QED) is 0.801. The Hall–Kier alpha value is -1.03. The molecule has 0 aliphatic rings. The fourth-order valence-corrected chi connectivity index (χ4v) is 3.31. The summed E-state index contributed by atoms with van der Waals surface area (Å²) in [6.07, 6.45) is 0.958. The van der Waals surface area contributed by atoms with Gasteiger partial charge in [-0.05, 0) is 43.3 Å². The number of ether oxygens (including phenoxy) is 1. The van der Waals surface area contributed by atoms with Gasteiger partial charge in [0, 0.05) is 17.3 Å². The van der Waals surface area contributed by atoms with Crippen molar-refractivity contribution in [2.45, 2.75) is 26.3 Å². The van der Waals surface area contributed by atoms with E-state index in [0.717, 1.165) is 23.1 Å². The minimum Gasteiger partial charge on any atom is -0.494 e. The molecule has 108 valence electrons. The monoisotopic (exact) mass is 309 g/mol. The number of nitrogens with one attached hydrogen (secondary N) is 1. The van der Waals surface area contributed by atoms with Crippen LogP contribution in [0.2, 0.25) is 4.34 Å². The number of thiophene rings is 1. The van der Waals surface area contributed by atoms with Gasteiger partial charge in [-0.25, -0.2) is 0 Å². The van der Waals surface area contributed by atoms with Crippen LogP contribution in [0, 0.1) is 0 Å². The molecular weight excluding hydrogens is 290 g/mol. The van der Waals surface area contributed by atoms with Crippen LogP contribution in [-0.2, 0) is 6.42 Å². The van der Waals surface area contributed by atoms with Crippen LogP contribution in [0.1, 0.15) is 30.3 Å². The average Bonchev–Trinajstić information content (AvgIpc) is 2.85. The first-order valence-corrected chi connectivity index (χ1v) is 8.12.